The van der Waals surface area contributed by atoms with Crippen molar-refractivity contribution in [2.75, 3.05) is 18.0 Å². The Hall–Kier alpha value is -2.69. The van der Waals surface area contributed by atoms with Crippen LogP contribution in [0.3, 0.4) is 0 Å². The van der Waals surface area contributed by atoms with Crippen molar-refractivity contribution in [2.45, 2.75) is 32.4 Å². The van der Waals surface area contributed by atoms with Gasteiger partial charge in [0.25, 0.3) is 5.91 Å². The summed E-state index contributed by atoms with van der Waals surface area (Å²) in [5.41, 5.74) is 3.55. The molecule has 0 N–H and O–H groups in total. The first kappa shape index (κ1) is 21.5. The lowest BCUT2D eigenvalue weighted by molar-refractivity contribution is 0.0958. The molecule has 1 aliphatic rings. The van der Waals surface area contributed by atoms with Crippen molar-refractivity contribution in [2.24, 2.45) is 0 Å². The Labute approximate surface area is 188 Å². The Morgan fingerprint density at radius 1 is 1.03 bits per heavy atom. The van der Waals surface area contributed by atoms with Gasteiger partial charge >= 0.3 is 0 Å². The molecular formula is C26H26ClFN2O. The largest absolute Gasteiger partial charge is 0.305 e. The zero-order valence-electron chi connectivity index (χ0n) is 17.6. The van der Waals surface area contributed by atoms with Crippen molar-refractivity contribution < 1.29 is 9.18 Å². The number of aryl methyl sites for hydroxylation is 1. The van der Waals surface area contributed by atoms with Gasteiger partial charge in [-0.2, -0.15) is 0 Å². The van der Waals surface area contributed by atoms with Gasteiger partial charge in [-0.25, -0.2) is 4.39 Å². The van der Waals surface area contributed by atoms with Crippen molar-refractivity contribution in [3.63, 3.8) is 0 Å². The van der Waals surface area contributed by atoms with E-state index in [1.165, 1.54) is 12.1 Å². The van der Waals surface area contributed by atoms with Gasteiger partial charge in [-0.15, -0.1) is 0 Å². The molecule has 1 fully saturated rings. The number of likely N-dealkylation sites (tertiary alicyclic amines) is 1. The van der Waals surface area contributed by atoms with Crippen LogP contribution in [0.1, 0.15) is 34.3 Å². The lowest BCUT2D eigenvalue weighted by atomic mass is 9.99. The van der Waals surface area contributed by atoms with Crippen LogP contribution in [0, 0.1) is 12.7 Å². The van der Waals surface area contributed by atoms with Crippen molar-refractivity contribution in [1.82, 2.24) is 4.90 Å². The molecule has 3 aromatic rings. The van der Waals surface area contributed by atoms with E-state index >= 15 is 0 Å². The number of carbonyl (C=O) groups is 1. The number of hydrogen-bond acceptors (Lipinski definition) is 2. The van der Waals surface area contributed by atoms with E-state index in [0.717, 1.165) is 54.3 Å². The Bertz CT molecular complexity index is 1050. The fourth-order valence-corrected chi connectivity index (χ4v) is 4.41. The zero-order valence-corrected chi connectivity index (χ0v) is 18.4. The average molecular weight is 437 g/mol. The summed E-state index contributed by atoms with van der Waals surface area (Å²) >= 11 is 6.33. The first-order valence-electron chi connectivity index (χ1n) is 10.6. The third-order valence-electron chi connectivity index (χ3n) is 5.86. The predicted molar refractivity (Wildman–Crippen MR) is 124 cm³/mol. The van der Waals surface area contributed by atoms with Crippen LogP contribution in [0.15, 0.2) is 72.8 Å². The molecule has 1 amide bonds. The Morgan fingerprint density at radius 2 is 1.74 bits per heavy atom. The molecule has 3 aromatic carbocycles. The first-order chi connectivity index (χ1) is 15.0. The highest BCUT2D eigenvalue weighted by Gasteiger charge is 2.30. The molecule has 31 heavy (non-hydrogen) atoms. The predicted octanol–water partition coefficient (Wildman–Crippen LogP) is 6.10. The molecule has 0 unspecified atom stereocenters. The number of piperidine rings is 1. The summed E-state index contributed by atoms with van der Waals surface area (Å²) in [5, 5.41) is 0.784. The molecule has 5 heteroatoms. The second kappa shape index (κ2) is 9.63. The van der Waals surface area contributed by atoms with Crippen LogP contribution >= 0.6 is 11.6 Å². The van der Waals surface area contributed by atoms with E-state index in [1.54, 1.807) is 12.1 Å². The van der Waals surface area contributed by atoms with Gasteiger partial charge in [0.1, 0.15) is 5.82 Å². The molecule has 0 atom stereocenters. The van der Waals surface area contributed by atoms with Gasteiger partial charge in [-0.05, 0) is 67.8 Å². The topological polar surface area (TPSA) is 23.6 Å². The minimum Gasteiger partial charge on any atom is -0.305 e. The van der Waals surface area contributed by atoms with Gasteiger partial charge in [-0.3, -0.25) is 9.69 Å². The fraction of sp³-hybridized carbons (Fsp3) is 0.269. The normalized spacial score (nSPS) is 15.1. The van der Waals surface area contributed by atoms with E-state index in [-0.39, 0.29) is 17.8 Å². The maximum atomic E-state index is 13.5. The number of halogens is 2. The SMILES string of the molecule is Cc1cccc(C(=O)N(c2ccc(F)cc2)C2CCN(Cc3ccccc3Cl)CC2)c1. The maximum absolute atomic E-state index is 13.5. The summed E-state index contributed by atoms with van der Waals surface area (Å²) in [6.45, 7) is 4.52. The van der Waals surface area contributed by atoms with Gasteiger partial charge in [0.2, 0.25) is 0 Å². The van der Waals surface area contributed by atoms with Gasteiger partial charge < -0.3 is 4.90 Å². The molecule has 0 spiro atoms. The molecule has 0 saturated carbocycles. The zero-order chi connectivity index (χ0) is 21.8. The first-order valence-corrected chi connectivity index (χ1v) is 11.0. The third-order valence-corrected chi connectivity index (χ3v) is 6.23. The van der Waals surface area contributed by atoms with E-state index in [0.29, 0.717) is 5.56 Å². The molecule has 1 heterocycles. The van der Waals surface area contributed by atoms with E-state index in [9.17, 15) is 9.18 Å². The highest BCUT2D eigenvalue weighted by atomic mass is 35.5. The van der Waals surface area contributed by atoms with Crippen LogP contribution in [0.5, 0.6) is 0 Å². The smallest absolute Gasteiger partial charge is 0.258 e. The Morgan fingerprint density at radius 3 is 2.42 bits per heavy atom. The maximum Gasteiger partial charge on any atom is 0.258 e. The number of hydrogen-bond donors (Lipinski definition) is 0. The molecule has 4 rings (SSSR count). The molecule has 0 aliphatic carbocycles. The van der Waals surface area contributed by atoms with Crippen LogP contribution in [0.2, 0.25) is 5.02 Å². The van der Waals surface area contributed by atoms with Crippen molar-refractivity contribution in [1.29, 1.82) is 0 Å². The van der Waals surface area contributed by atoms with E-state index in [4.69, 9.17) is 11.6 Å². The minimum absolute atomic E-state index is 0.0418. The average Bonchev–Trinajstić information content (AvgIpc) is 2.78. The number of benzene rings is 3. The van der Waals surface area contributed by atoms with Crippen molar-refractivity contribution in [3.8, 4) is 0 Å². The summed E-state index contributed by atoms with van der Waals surface area (Å²) in [7, 11) is 0. The molecule has 1 saturated heterocycles. The second-order valence-electron chi connectivity index (χ2n) is 8.12. The minimum atomic E-state index is -0.304. The number of rotatable bonds is 5. The van der Waals surface area contributed by atoms with Crippen molar-refractivity contribution >= 4 is 23.2 Å². The van der Waals surface area contributed by atoms with Gasteiger partial charge in [0.05, 0.1) is 0 Å². The van der Waals surface area contributed by atoms with E-state index in [2.05, 4.69) is 11.0 Å². The molecule has 1 aliphatic heterocycles. The molecule has 0 aromatic heterocycles. The number of carbonyl (C=O) groups excluding carboxylic acids is 1. The number of amides is 1. The lowest BCUT2D eigenvalue weighted by Gasteiger charge is -2.39. The monoisotopic (exact) mass is 436 g/mol. The standard InChI is InChI=1S/C26H26ClFN2O/c1-19-5-4-7-20(17-19)26(31)30(23-11-9-22(28)10-12-23)24-13-15-29(16-14-24)18-21-6-2-3-8-25(21)27/h2-12,17,24H,13-16,18H2,1H3. The summed E-state index contributed by atoms with van der Waals surface area (Å²) in [6, 6.07) is 21.8. The lowest BCUT2D eigenvalue weighted by Crippen LogP contribution is -2.47. The van der Waals surface area contributed by atoms with Gasteiger partial charge in [0.15, 0.2) is 0 Å². The van der Waals surface area contributed by atoms with Crippen LogP contribution in [-0.2, 0) is 6.54 Å². The van der Waals surface area contributed by atoms with Crippen LogP contribution in [-0.4, -0.2) is 29.9 Å². The quantitative estimate of drug-likeness (QED) is 0.482. The summed E-state index contributed by atoms with van der Waals surface area (Å²) in [5.74, 6) is -0.346. The van der Waals surface area contributed by atoms with Gasteiger partial charge in [0, 0.05) is 41.9 Å². The second-order valence-corrected chi connectivity index (χ2v) is 8.53. The van der Waals surface area contributed by atoms with E-state index < -0.39 is 0 Å². The molecular weight excluding hydrogens is 411 g/mol. The Balaban J connectivity index is 1.53. The van der Waals surface area contributed by atoms with Gasteiger partial charge in [-0.1, -0.05) is 47.5 Å². The summed E-state index contributed by atoms with van der Waals surface area (Å²) < 4.78 is 13.5. The summed E-state index contributed by atoms with van der Waals surface area (Å²) in [6.07, 6.45) is 1.69. The van der Waals surface area contributed by atoms with Crippen LogP contribution in [0.25, 0.3) is 0 Å². The van der Waals surface area contributed by atoms with Crippen molar-refractivity contribution in [3.05, 3.63) is 100 Å². The number of anilines is 1. The third kappa shape index (κ3) is 5.15. The Kier molecular flexibility index (Phi) is 6.69. The highest BCUT2D eigenvalue weighted by Crippen LogP contribution is 2.28. The number of nitrogens with zero attached hydrogens (tertiary/aromatic N) is 2. The highest BCUT2D eigenvalue weighted by molar-refractivity contribution is 6.31. The fourth-order valence-electron chi connectivity index (χ4n) is 4.22. The molecule has 3 nitrogen and oxygen atoms in total. The molecule has 160 valence electrons. The van der Waals surface area contributed by atoms with Crippen LogP contribution < -0.4 is 4.90 Å². The van der Waals surface area contributed by atoms with Crippen LogP contribution in [0.4, 0.5) is 10.1 Å². The van der Waals surface area contributed by atoms with E-state index in [1.807, 2.05) is 54.3 Å². The summed E-state index contributed by atoms with van der Waals surface area (Å²) in [4.78, 5) is 17.7. The molecule has 0 radical (unpaired) electrons. The molecule has 0 bridgehead atoms.